The largest absolute Gasteiger partial charge is 0.394 e. The van der Waals surface area contributed by atoms with Gasteiger partial charge in [0.2, 0.25) is 0 Å². The first kappa shape index (κ1) is 16.4. The van der Waals surface area contributed by atoms with Crippen molar-refractivity contribution in [2.24, 2.45) is 0 Å². The molecule has 0 saturated heterocycles. The molecule has 0 rings (SSSR count). The second-order valence-electron chi connectivity index (χ2n) is 3.98. The standard InChI is InChI=1S/C12H27ClO2Si/c1-4-14-16(6-3,15-5-2)12-10-8-7-9-11-13/h4-12H2,1-3H3. The average Bonchev–Trinajstić information content (AvgIpc) is 2.29. The Balaban J connectivity index is 3.89. The topological polar surface area (TPSA) is 18.5 Å². The summed E-state index contributed by atoms with van der Waals surface area (Å²) >= 11 is 5.66. The van der Waals surface area contributed by atoms with Gasteiger partial charge in [0.1, 0.15) is 0 Å². The van der Waals surface area contributed by atoms with Crippen LogP contribution in [0.5, 0.6) is 0 Å². The zero-order valence-electron chi connectivity index (χ0n) is 11.1. The van der Waals surface area contributed by atoms with Crippen LogP contribution in [-0.4, -0.2) is 27.7 Å². The van der Waals surface area contributed by atoms with Crippen molar-refractivity contribution < 1.29 is 8.85 Å². The third-order valence-corrected chi connectivity index (χ3v) is 6.88. The molecule has 0 aliphatic carbocycles. The van der Waals surface area contributed by atoms with Crippen LogP contribution in [0.4, 0.5) is 0 Å². The van der Waals surface area contributed by atoms with Gasteiger partial charge in [-0.25, -0.2) is 0 Å². The number of hydrogen-bond donors (Lipinski definition) is 0. The Morgan fingerprint density at radius 1 is 0.875 bits per heavy atom. The van der Waals surface area contributed by atoms with E-state index in [9.17, 15) is 0 Å². The van der Waals surface area contributed by atoms with Crippen molar-refractivity contribution in [3.05, 3.63) is 0 Å². The van der Waals surface area contributed by atoms with Crippen molar-refractivity contribution in [3.8, 4) is 0 Å². The van der Waals surface area contributed by atoms with Crippen molar-refractivity contribution >= 4 is 20.2 Å². The fourth-order valence-corrected chi connectivity index (χ4v) is 5.10. The number of rotatable bonds is 11. The molecule has 0 amide bonds. The molecule has 0 aliphatic heterocycles. The molecule has 0 aromatic rings. The van der Waals surface area contributed by atoms with E-state index in [1.165, 1.54) is 19.3 Å². The van der Waals surface area contributed by atoms with Crippen LogP contribution in [0.25, 0.3) is 0 Å². The molecule has 0 spiro atoms. The summed E-state index contributed by atoms with van der Waals surface area (Å²) in [5.74, 6) is 0.785. The first-order valence-electron chi connectivity index (χ1n) is 6.58. The Morgan fingerprint density at radius 3 is 1.88 bits per heavy atom. The first-order chi connectivity index (χ1) is 7.74. The van der Waals surface area contributed by atoms with Crippen LogP contribution in [0, 0.1) is 0 Å². The molecular weight excluding hydrogens is 240 g/mol. The van der Waals surface area contributed by atoms with Gasteiger partial charge < -0.3 is 8.85 Å². The van der Waals surface area contributed by atoms with E-state index in [2.05, 4.69) is 20.8 Å². The second kappa shape index (κ2) is 10.6. The quantitative estimate of drug-likeness (QED) is 0.315. The normalized spacial score (nSPS) is 12.0. The summed E-state index contributed by atoms with van der Waals surface area (Å²) in [5.41, 5.74) is 0. The monoisotopic (exact) mass is 266 g/mol. The van der Waals surface area contributed by atoms with Crippen LogP contribution in [-0.2, 0) is 8.85 Å². The molecular formula is C12H27ClO2Si. The van der Waals surface area contributed by atoms with E-state index in [1.807, 2.05) is 0 Å². The molecule has 16 heavy (non-hydrogen) atoms. The predicted octanol–water partition coefficient (Wildman–Crippen LogP) is 4.32. The van der Waals surface area contributed by atoms with Gasteiger partial charge in [-0.15, -0.1) is 11.6 Å². The number of alkyl halides is 1. The second-order valence-corrected chi connectivity index (χ2v) is 7.97. The summed E-state index contributed by atoms with van der Waals surface area (Å²) in [6, 6.07) is 2.19. The van der Waals surface area contributed by atoms with Gasteiger partial charge in [0.25, 0.3) is 0 Å². The zero-order valence-corrected chi connectivity index (χ0v) is 12.8. The maximum Gasteiger partial charge on any atom is 0.337 e. The van der Waals surface area contributed by atoms with E-state index in [0.29, 0.717) is 0 Å². The zero-order chi connectivity index (χ0) is 12.3. The number of halogens is 1. The van der Waals surface area contributed by atoms with Crippen LogP contribution < -0.4 is 0 Å². The van der Waals surface area contributed by atoms with Crippen molar-refractivity contribution in [3.63, 3.8) is 0 Å². The molecule has 0 saturated carbocycles. The van der Waals surface area contributed by atoms with Gasteiger partial charge in [-0.3, -0.25) is 0 Å². The van der Waals surface area contributed by atoms with Crippen LogP contribution in [0.15, 0.2) is 0 Å². The van der Waals surface area contributed by atoms with Gasteiger partial charge in [-0.2, -0.15) is 0 Å². The summed E-state index contributed by atoms with van der Waals surface area (Å²) in [6.07, 6.45) is 4.83. The average molecular weight is 267 g/mol. The van der Waals surface area contributed by atoms with E-state index < -0.39 is 8.56 Å². The molecule has 0 N–H and O–H groups in total. The molecule has 0 unspecified atom stereocenters. The van der Waals surface area contributed by atoms with Crippen LogP contribution in [0.3, 0.4) is 0 Å². The van der Waals surface area contributed by atoms with E-state index in [0.717, 1.165) is 37.6 Å². The van der Waals surface area contributed by atoms with Gasteiger partial charge in [0.05, 0.1) is 0 Å². The summed E-state index contributed by atoms with van der Waals surface area (Å²) in [4.78, 5) is 0. The molecule has 4 heteroatoms. The highest BCUT2D eigenvalue weighted by atomic mass is 35.5. The summed E-state index contributed by atoms with van der Waals surface area (Å²) in [5, 5.41) is 0. The SMILES string of the molecule is CCO[Si](CC)(CCCCCCCl)OCC. The Hall–Kier alpha value is 0.427. The minimum absolute atomic E-state index is 0.780. The molecule has 0 radical (unpaired) electrons. The molecule has 0 aliphatic rings. The Labute approximate surface area is 107 Å². The van der Waals surface area contributed by atoms with Gasteiger partial charge in [-0.1, -0.05) is 26.2 Å². The highest BCUT2D eigenvalue weighted by Gasteiger charge is 2.33. The van der Waals surface area contributed by atoms with E-state index in [4.69, 9.17) is 20.5 Å². The smallest absolute Gasteiger partial charge is 0.337 e. The first-order valence-corrected chi connectivity index (χ1v) is 9.35. The third kappa shape index (κ3) is 6.89. The highest BCUT2D eigenvalue weighted by molar-refractivity contribution is 6.67. The maximum atomic E-state index is 5.92. The third-order valence-electron chi connectivity index (χ3n) is 2.79. The van der Waals surface area contributed by atoms with E-state index >= 15 is 0 Å². The Morgan fingerprint density at radius 2 is 1.44 bits per heavy atom. The lowest BCUT2D eigenvalue weighted by Gasteiger charge is -2.28. The van der Waals surface area contributed by atoms with Gasteiger partial charge in [0.15, 0.2) is 0 Å². The molecule has 98 valence electrons. The summed E-state index contributed by atoms with van der Waals surface area (Å²) < 4.78 is 11.8. The van der Waals surface area contributed by atoms with E-state index in [-0.39, 0.29) is 0 Å². The van der Waals surface area contributed by atoms with Crippen LogP contribution in [0.1, 0.15) is 46.5 Å². The maximum absolute atomic E-state index is 5.92. The Bertz CT molecular complexity index is 150. The van der Waals surface area contributed by atoms with Crippen molar-refractivity contribution in [1.82, 2.24) is 0 Å². The predicted molar refractivity (Wildman–Crippen MR) is 73.5 cm³/mol. The van der Waals surface area contributed by atoms with Crippen LogP contribution in [0.2, 0.25) is 12.1 Å². The van der Waals surface area contributed by atoms with Gasteiger partial charge in [0, 0.05) is 19.1 Å². The Kier molecular flexibility index (Phi) is 10.9. The van der Waals surface area contributed by atoms with Crippen molar-refractivity contribution in [1.29, 1.82) is 0 Å². The minimum Gasteiger partial charge on any atom is -0.394 e. The van der Waals surface area contributed by atoms with Gasteiger partial charge in [-0.05, 0) is 32.4 Å². The lowest BCUT2D eigenvalue weighted by Crippen LogP contribution is -2.41. The lowest BCUT2D eigenvalue weighted by atomic mass is 10.2. The lowest BCUT2D eigenvalue weighted by molar-refractivity contribution is 0.182. The summed E-state index contributed by atoms with van der Waals surface area (Å²) in [6.45, 7) is 7.87. The summed E-state index contributed by atoms with van der Waals surface area (Å²) in [7, 11) is -1.86. The molecule has 0 atom stereocenters. The molecule has 0 aromatic carbocycles. The molecule has 0 heterocycles. The molecule has 0 aromatic heterocycles. The molecule has 0 bridgehead atoms. The van der Waals surface area contributed by atoms with Crippen molar-refractivity contribution in [2.75, 3.05) is 19.1 Å². The molecule has 0 fully saturated rings. The van der Waals surface area contributed by atoms with E-state index in [1.54, 1.807) is 0 Å². The fourth-order valence-electron chi connectivity index (χ4n) is 1.94. The molecule has 2 nitrogen and oxygen atoms in total. The van der Waals surface area contributed by atoms with Crippen LogP contribution >= 0.6 is 11.6 Å². The fraction of sp³-hybridized carbons (Fsp3) is 1.00. The highest BCUT2D eigenvalue weighted by Crippen LogP contribution is 2.22. The number of unbranched alkanes of at least 4 members (excludes halogenated alkanes) is 3. The van der Waals surface area contributed by atoms with Gasteiger partial charge >= 0.3 is 8.56 Å². The minimum atomic E-state index is -1.86. The number of hydrogen-bond acceptors (Lipinski definition) is 2. The van der Waals surface area contributed by atoms with Crippen molar-refractivity contribution in [2.45, 2.75) is 58.5 Å².